The van der Waals surface area contributed by atoms with Crippen LogP contribution in [0.4, 0.5) is 11.4 Å². The van der Waals surface area contributed by atoms with Crippen molar-refractivity contribution >= 4 is 23.1 Å². The van der Waals surface area contributed by atoms with Crippen molar-refractivity contribution in [3.63, 3.8) is 0 Å². The van der Waals surface area contributed by atoms with Gasteiger partial charge in [-0.05, 0) is 62.4 Å². The molecule has 0 aliphatic rings. The maximum atomic E-state index is 12.4. The minimum Gasteiger partial charge on any atom is -0.457 e. The first-order chi connectivity index (χ1) is 13.5. The van der Waals surface area contributed by atoms with Gasteiger partial charge in [-0.3, -0.25) is 9.59 Å². The van der Waals surface area contributed by atoms with Crippen LogP contribution in [0.5, 0.6) is 11.5 Å². The number of rotatable bonds is 7. The molecular formula is C23H22N2O3. The number of benzene rings is 3. The van der Waals surface area contributed by atoms with Gasteiger partial charge in [-0.25, -0.2) is 0 Å². The number of nitrogens with one attached hydrogen (secondary N) is 2. The second-order valence-electron chi connectivity index (χ2n) is 6.43. The third kappa shape index (κ3) is 5.20. The van der Waals surface area contributed by atoms with E-state index in [1.54, 1.807) is 31.2 Å². The van der Waals surface area contributed by atoms with Crippen molar-refractivity contribution in [1.82, 2.24) is 0 Å². The number of ether oxygens (including phenoxy) is 1. The van der Waals surface area contributed by atoms with E-state index in [0.29, 0.717) is 11.3 Å². The second kappa shape index (κ2) is 8.86. The fourth-order valence-electron chi connectivity index (χ4n) is 2.63. The Morgan fingerprint density at radius 1 is 0.821 bits per heavy atom. The van der Waals surface area contributed by atoms with E-state index in [2.05, 4.69) is 10.6 Å². The van der Waals surface area contributed by atoms with Gasteiger partial charge in [0.25, 0.3) is 0 Å². The Labute approximate surface area is 164 Å². The third-order valence-electron chi connectivity index (χ3n) is 4.15. The van der Waals surface area contributed by atoms with Crippen LogP contribution in [0.2, 0.25) is 0 Å². The molecule has 0 aromatic heterocycles. The van der Waals surface area contributed by atoms with Gasteiger partial charge in [0.15, 0.2) is 5.78 Å². The van der Waals surface area contributed by atoms with Crippen LogP contribution in [0.25, 0.3) is 0 Å². The first-order valence-electron chi connectivity index (χ1n) is 9.02. The first kappa shape index (κ1) is 19.2. The molecule has 5 nitrogen and oxygen atoms in total. The number of Topliss-reactive ketones (excluding diaryl/α,β-unsaturated/α-hetero) is 1. The van der Waals surface area contributed by atoms with Gasteiger partial charge in [0.05, 0.1) is 0 Å². The highest BCUT2D eigenvalue weighted by atomic mass is 16.5. The Kier molecular flexibility index (Phi) is 6.07. The summed E-state index contributed by atoms with van der Waals surface area (Å²) in [7, 11) is 0. The number of hydrogen-bond donors (Lipinski definition) is 2. The van der Waals surface area contributed by atoms with E-state index < -0.39 is 6.04 Å². The standard InChI is InChI=1S/C23H22N2O3/c1-16(23(27)25-20-8-6-7-18(15-20)17(2)26)24-19-11-13-22(14-12-19)28-21-9-4-3-5-10-21/h3-16,24H,1-2H3,(H,25,27). The number of carbonyl (C=O) groups excluding carboxylic acids is 2. The van der Waals surface area contributed by atoms with Crippen LogP contribution in [0, 0.1) is 0 Å². The van der Waals surface area contributed by atoms with Crippen molar-refractivity contribution in [3.05, 3.63) is 84.4 Å². The van der Waals surface area contributed by atoms with Crippen LogP contribution < -0.4 is 15.4 Å². The van der Waals surface area contributed by atoms with Gasteiger partial charge in [-0.1, -0.05) is 30.3 Å². The molecule has 142 valence electrons. The molecule has 0 aliphatic heterocycles. The molecule has 0 heterocycles. The summed E-state index contributed by atoms with van der Waals surface area (Å²) >= 11 is 0. The lowest BCUT2D eigenvalue weighted by Gasteiger charge is -2.16. The van der Waals surface area contributed by atoms with Crippen molar-refractivity contribution in [2.24, 2.45) is 0 Å². The van der Waals surface area contributed by atoms with Crippen LogP contribution in [0.15, 0.2) is 78.9 Å². The summed E-state index contributed by atoms with van der Waals surface area (Å²) in [5.41, 5.74) is 1.96. The molecular weight excluding hydrogens is 352 g/mol. The number of para-hydroxylation sites is 1. The average Bonchev–Trinajstić information content (AvgIpc) is 2.70. The number of anilines is 2. The molecule has 2 N–H and O–H groups in total. The number of amides is 1. The molecule has 1 atom stereocenters. The van der Waals surface area contributed by atoms with Crippen LogP contribution in [-0.2, 0) is 4.79 Å². The zero-order chi connectivity index (χ0) is 19.9. The van der Waals surface area contributed by atoms with E-state index in [4.69, 9.17) is 4.74 Å². The largest absolute Gasteiger partial charge is 0.457 e. The zero-order valence-corrected chi connectivity index (χ0v) is 15.8. The fourth-order valence-corrected chi connectivity index (χ4v) is 2.63. The fraction of sp³-hybridized carbons (Fsp3) is 0.130. The predicted molar refractivity (Wildman–Crippen MR) is 111 cm³/mol. The molecule has 3 rings (SSSR count). The minimum absolute atomic E-state index is 0.0416. The Bertz CT molecular complexity index is 953. The monoisotopic (exact) mass is 374 g/mol. The van der Waals surface area contributed by atoms with Gasteiger partial charge in [-0.15, -0.1) is 0 Å². The summed E-state index contributed by atoms with van der Waals surface area (Å²) < 4.78 is 5.76. The summed E-state index contributed by atoms with van der Waals surface area (Å²) in [6.07, 6.45) is 0. The molecule has 0 spiro atoms. The molecule has 5 heteroatoms. The van der Waals surface area contributed by atoms with Gasteiger partial charge in [0.1, 0.15) is 17.5 Å². The molecule has 1 unspecified atom stereocenters. The number of ketones is 1. The molecule has 0 saturated heterocycles. The number of carbonyl (C=O) groups is 2. The molecule has 3 aromatic carbocycles. The highest BCUT2D eigenvalue weighted by molar-refractivity contribution is 5.99. The maximum Gasteiger partial charge on any atom is 0.246 e. The van der Waals surface area contributed by atoms with Gasteiger partial charge in [-0.2, -0.15) is 0 Å². The quantitative estimate of drug-likeness (QED) is 0.563. The Morgan fingerprint density at radius 2 is 1.50 bits per heavy atom. The van der Waals surface area contributed by atoms with Gasteiger partial charge >= 0.3 is 0 Å². The van der Waals surface area contributed by atoms with E-state index in [0.717, 1.165) is 17.2 Å². The second-order valence-corrected chi connectivity index (χ2v) is 6.43. The molecule has 0 fully saturated rings. The van der Waals surface area contributed by atoms with Crippen molar-refractivity contribution in [1.29, 1.82) is 0 Å². The lowest BCUT2D eigenvalue weighted by Crippen LogP contribution is -2.31. The summed E-state index contributed by atoms with van der Waals surface area (Å²) in [5.74, 6) is 1.25. The van der Waals surface area contributed by atoms with Crippen molar-refractivity contribution in [2.45, 2.75) is 19.9 Å². The van der Waals surface area contributed by atoms with Crippen LogP contribution in [0.1, 0.15) is 24.2 Å². The number of hydrogen-bond acceptors (Lipinski definition) is 4. The molecule has 0 aliphatic carbocycles. The zero-order valence-electron chi connectivity index (χ0n) is 15.8. The van der Waals surface area contributed by atoms with E-state index in [9.17, 15) is 9.59 Å². The van der Waals surface area contributed by atoms with Crippen LogP contribution in [-0.4, -0.2) is 17.7 Å². The Balaban J connectivity index is 1.58. The normalized spacial score (nSPS) is 11.4. The van der Waals surface area contributed by atoms with Crippen LogP contribution >= 0.6 is 0 Å². The Hall–Kier alpha value is -3.60. The first-order valence-corrected chi connectivity index (χ1v) is 9.02. The highest BCUT2D eigenvalue weighted by Gasteiger charge is 2.13. The summed E-state index contributed by atoms with van der Waals surface area (Å²) in [5, 5.41) is 5.98. The molecule has 0 saturated carbocycles. The molecule has 0 radical (unpaired) electrons. The van der Waals surface area contributed by atoms with Crippen molar-refractivity contribution in [2.75, 3.05) is 10.6 Å². The summed E-state index contributed by atoms with van der Waals surface area (Å²) in [6.45, 7) is 3.27. The maximum absolute atomic E-state index is 12.4. The van der Waals surface area contributed by atoms with Crippen molar-refractivity contribution in [3.8, 4) is 11.5 Å². The Morgan fingerprint density at radius 3 is 2.18 bits per heavy atom. The van der Waals surface area contributed by atoms with Gasteiger partial charge in [0, 0.05) is 16.9 Å². The highest BCUT2D eigenvalue weighted by Crippen LogP contribution is 2.23. The molecule has 1 amide bonds. The lowest BCUT2D eigenvalue weighted by atomic mass is 10.1. The SMILES string of the molecule is CC(=O)c1cccc(NC(=O)C(C)Nc2ccc(Oc3ccccc3)cc2)c1. The van der Waals surface area contributed by atoms with E-state index in [1.807, 2.05) is 54.6 Å². The summed E-state index contributed by atoms with van der Waals surface area (Å²) in [4.78, 5) is 23.9. The van der Waals surface area contributed by atoms with Crippen LogP contribution in [0.3, 0.4) is 0 Å². The lowest BCUT2D eigenvalue weighted by molar-refractivity contribution is -0.116. The minimum atomic E-state index is -0.457. The van der Waals surface area contributed by atoms with E-state index in [1.165, 1.54) is 6.92 Å². The predicted octanol–water partition coefficient (Wildman–Crippen LogP) is 5.12. The average molecular weight is 374 g/mol. The van der Waals surface area contributed by atoms with E-state index >= 15 is 0 Å². The van der Waals surface area contributed by atoms with Crippen molar-refractivity contribution < 1.29 is 14.3 Å². The molecule has 0 bridgehead atoms. The smallest absolute Gasteiger partial charge is 0.246 e. The molecule has 3 aromatic rings. The summed E-state index contributed by atoms with van der Waals surface area (Å²) in [6, 6.07) is 23.4. The van der Waals surface area contributed by atoms with E-state index in [-0.39, 0.29) is 11.7 Å². The molecule has 28 heavy (non-hydrogen) atoms. The third-order valence-corrected chi connectivity index (χ3v) is 4.15. The van der Waals surface area contributed by atoms with Gasteiger partial charge < -0.3 is 15.4 Å². The topological polar surface area (TPSA) is 67.4 Å². The van der Waals surface area contributed by atoms with Gasteiger partial charge in [0.2, 0.25) is 5.91 Å².